The molecule has 1 rings (SSSR count). The van der Waals surface area contributed by atoms with Crippen LogP contribution >= 0.6 is 0 Å². The fourth-order valence-electron chi connectivity index (χ4n) is 4.28. The van der Waals surface area contributed by atoms with Gasteiger partial charge in [-0.3, -0.25) is 9.59 Å². The molecule has 2 N–H and O–H groups in total. The van der Waals surface area contributed by atoms with Crippen molar-refractivity contribution in [3.8, 4) is 0 Å². The summed E-state index contributed by atoms with van der Waals surface area (Å²) in [7, 11) is 0. The molecular formula is C25H40N2O2. The Labute approximate surface area is 177 Å². The first-order chi connectivity index (χ1) is 13.5. The van der Waals surface area contributed by atoms with Crippen molar-refractivity contribution in [3.05, 3.63) is 36.4 Å². The minimum atomic E-state index is -0.0989. The topological polar surface area (TPSA) is 58.2 Å². The molecule has 0 aliphatic heterocycles. The maximum atomic E-state index is 11.8. The Morgan fingerprint density at radius 1 is 0.966 bits per heavy atom. The average Bonchev–Trinajstić information content (AvgIpc) is 2.66. The van der Waals surface area contributed by atoms with Crippen LogP contribution in [-0.4, -0.2) is 11.8 Å². The minimum absolute atomic E-state index is 0.0872. The third kappa shape index (κ3) is 6.73. The van der Waals surface area contributed by atoms with E-state index in [4.69, 9.17) is 0 Å². The Hall–Kier alpha value is -2.10. The molecule has 0 bridgehead atoms. The van der Waals surface area contributed by atoms with E-state index in [1.165, 1.54) is 13.8 Å². The lowest BCUT2D eigenvalue weighted by atomic mass is 9.67. The summed E-state index contributed by atoms with van der Waals surface area (Å²) in [5, 5.41) is 5.89. The molecule has 162 valence electrons. The molecule has 4 nitrogen and oxygen atoms in total. The van der Waals surface area contributed by atoms with E-state index in [2.05, 4.69) is 58.8 Å². The third-order valence-corrected chi connectivity index (χ3v) is 6.73. The molecule has 1 aromatic rings. The standard InChI is InChI=1S/C25H40N2O2/c1-10-15(3)17(5)18(6)19(7)25(16(4)11-2)23-14-22(26-20(8)28)12-13-24(23)27-21(9)29/h10,12-19,25H,1,11H2,2-9H3,(H,26,28)(H,27,29). The fourth-order valence-corrected chi connectivity index (χ4v) is 4.28. The molecule has 0 saturated heterocycles. The summed E-state index contributed by atoms with van der Waals surface area (Å²) in [4.78, 5) is 23.4. The number of allylic oxidation sites excluding steroid dienone is 1. The number of hydrogen-bond donors (Lipinski definition) is 2. The van der Waals surface area contributed by atoms with Crippen LogP contribution in [0.25, 0.3) is 0 Å². The number of hydrogen-bond acceptors (Lipinski definition) is 2. The molecule has 6 atom stereocenters. The summed E-state index contributed by atoms with van der Waals surface area (Å²) < 4.78 is 0. The number of carbonyl (C=O) groups excluding carboxylic acids is 2. The predicted octanol–water partition coefficient (Wildman–Crippen LogP) is 6.46. The van der Waals surface area contributed by atoms with E-state index in [0.717, 1.165) is 23.4 Å². The van der Waals surface area contributed by atoms with Gasteiger partial charge in [0.1, 0.15) is 0 Å². The van der Waals surface area contributed by atoms with E-state index in [-0.39, 0.29) is 17.7 Å². The van der Waals surface area contributed by atoms with Crippen molar-refractivity contribution in [2.75, 3.05) is 10.6 Å². The van der Waals surface area contributed by atoms with Crippen molar-refractivity contribution >= 4 is 23.2 Å². The van der Waals surface area contributed by atoms with Gasteiger partial charge in [0.25, 0.3) is 0 Å². The van der Waals surface area contributed by atoms with Crippen LogP contribution in [0, 0.1) is 29.6 Å². The second-order valence-corrected chi connectivity index (χ2v) is 8.75. The Morgan fingerprint density at radius 2 is 1.55 bits per heavy atom. The van der Waals surface area contributed by atoms with Gasteiger partial charge in [0.05, 0.1) is 0 Å². The van der Waals surface area contributed by atoms with Crippen molar-refractivity contribution in [1.29, 1.82) is 0 Å². The fraction of sp³-hybridized carbons (Fsp3) is 0.600. The lowest BCUT2D eigenvalue weighted by Gasteiger charge is -2.38. The first-order valence-corrected chi connectivity index (χ1v) is 10.8. The van der Waals surface area contributed by atoms with E-state index in [1.54, 1.807) is 0 Å². The summed E-state index contributed by atoms with van der Waals surface area (Å²) >= 11 is 0. The van der Waals surface area contributed by atoms with Crippen LogP contribution in [-0.2, 0) is 9.59 Å². The second kappa shape index (κ2) is 11.2. The molecule has 2 amide bonds. The lowest BCUT2D eigenvalue weighted by molar-refractivity contribution is -0.115. The molecule has 4 heteroatoms. The monoisotopic (exact) mass is 400 g/mol. The van der Waals surface area contributed by atoms with Crippen molar-refractivity contribution in [2.24, 2.45) is 29.6 Å². The van der Waals surface area contributed by atoms with E-state index in [1.807, 2.05) is 24.3 Å². The molecule has 6 unspecified atom stereocenters. The first kappa shape index (κ1) is 24.9. The van der Waals surface area contributed by atoms with Gasteiger partial charge in [0, 0.05) is 25.2 Å². The van der Waals surface area contributed by atoms with Crippen molar-refractivity contribution < 1.29 is 9.59 Å². The van der Waals surface area contributed by atoms with Gasteiger partial charge in [0.2, 0.25) is 11.8 Å². The van der Waals surface area contributed by atoms with Crippen LogP contribution in [0.2, 0.25) is 0 Å². The Bertz CT molecular complexity index is 713. The third-order valence-electron chi connectivity index (χ3n) is 6.73. The summed E-state index contributed by atoms with van der Waals surface area (Å²) in [6.45, 7) is 20.7. The molecular weight excluding hydrogens is 360 g/mol. The molecule has 1 aromatic carbocycles. The minimum Gasteiger partial charge on any atom is -0.326 e. The molecule has 0 aliphatic rings. The lowest BCUT2D eigenvalue weighted by Crippen LogP contribution is -2.29. The summed E-state index contributed by atoms with van der Waals surface area (Å²) in [5.74, 6) is 2.29. The van der Waals surface area contributed by atoms with Gasteiger partial charge >= 0.3 is 0 Å². The van der Waals surface area contributed by atoms with Crippen molar-refractivity contribution in [1.82, 2.24) is 0 Å². The second-order valence-electron chi connectivity index (χ2n) is 8.75. The van der Waals surface area contributed by atoms with Crippen LogP contribution in [0.5, 0.6) is 0 Å². The zero-order valence-corrected chi connectivity index (χ0v) is 19.5. The number of nitrogens with one attached hydrogen (secondary N) is 2. The molecule has 0 fully saturated rings. The quantitative estimate of drug-likeness (QED) is 0.443. The molecule has 0 aromatic heterocycles. The number of amides is 2. The Morgan fingerprint density at radius 3 is 2.03 bits per heavy atom. The zero-order chi connectivity index (χ0) is 22.3. The van der Waals surface area contributed by atoms with Crippen LogP contribution in [0.3, 0.4) is 0 Å². The van der Waals surface area contributed by atoms with Gasteiger partial charge in [-0.15, -0.1) is 6.58 Å². The largest absolute Gasteiger partial charge is 0.326 e. The van der Waals surface area contributed by atoms with Crippen LogP contribution in [0.1, 0.15) is 73.3 Å². The van der Waals surface area contributed by atoms with E-state index in [9.17, 15) is 9.59 Å². The number of anilines is 2. The molecule has 29 heavy (non-hydrogen) atoms. The van der Waals surface area contributed by atoms with Crippen LogP contribution in [0.15, 0.2) is 30.9 Å². The van der Waals surface area contributed by atoms with Crippen molar-refractivity contribution in [3.63, 3.8) is 0 Å². The van der Waals surface area contributed by atoms with Gasteiger partial charge in [-0.05, 0) is 59.3 Å². The highest BCUT2D eigenvalue weighted by Crippen LogP contribution is 2.44. The summed E-state index contributed by atoms with van der Waals surface area (Å²) in [6.07, 6.45) is 3.07. The predicted molar refractivity (Wildman–Crippen MR) is 124 cm³/mol. The van der Waals surface area contributed by atoms with E-state index in [0.29, 0.717) is 29.6 Å². The molecule has 0 heterocycles. The number of benzene rings is 1. The molecule has 0 spiro atoms. The maximum absolute atomic E-state index is 11.8. The maximum Gasteiger partial charge on any atom is 0.221 e. The van der Waals surface area contributed by atoms with Gasteiger partial charge in [0.15, 0.2) is 0 Å². The van der Waals surface area contributed by atoms with E-state index < -0.39 is 0 Å². The van der Waals surface area contributed by atoms with Gasteiger partial charge < -0.3 is 10.6 Å². The zero-order valence-electron chi connectivity index (χ0n) is 19.5. The van der Waals surface area contributed by atoms with Gasteiger partial charge in [-0.2, -0.15) is 0 Å². The normalized spacial score (nSPS) is 17.4. The number of carbonyl (C=O) groups is 2. The summed E-state index contributed by atoms with van der Waals surface area (Å²) in [5.41, 5.74) is 2.70. The van der Waals surface area contributed by atoms with Crippen molar-refractivity contribution in [2.45, 2.75) is 67.7 Å². The Balaban J connectivity index is 3.49. The molecule has 0 radical (unpaired) electrons. The highest BCUT2D eigenvalue weighted by Gasteiger charge is 2.33. The first-order valence-electron chi connectivity index (χ1n) is 10.8. The Kier molecular flexibility index (Phi) is 9.61. The molecule has 0 aliphatic carbocycles. The van der Waals surface area contributed by atoms with Gasteiger partial charge in [-0.25, -0.2) is 0 Å². The van der Waals surface area contributed by atoms with E-state index >= 15 is 0 Å². The van der Waals surface area contributed by atoms with Crippen LogP contribution < -0.4 is 10.6 Å². The average molecular weight is 401 g/mol. The van der Waals surface area contributed by atoms with Gasteiger partial charge in [-0.1, -0.05) is 54.0 Å². The summed E-state index contributed by atoms with van der Waals surface area (Å²) in [6, 6.07) is 5.79. The highest BCUT2D eigenvalue weighted by atomic mass is 16.2. The molecule has 0 saturated carbocycles. The number of rotatable bonds is 10. The highest BCUT2D eigenvalue weighted by molar-refractivity contribution is 5.92. The SMILES string of the molecule is C=CC(C)C(C)C(C)C(C)C(c1cc(NC(C)=O)ccc1NC(C)=O)C(C)CC. The smallest absolute Gasteiger partial charge is 0.221 e. The van der Waals surface area contributed by atoms with Crippen LogP contribution in [0.4, 0.5) is 11.4 Å².